The first-order valence-corrected chi connectivity index (χ1v) is 9.86. The lowest BCUT2D eigenvalue weighted by molar-refractivity contribution is -0.140. The number of aromatic amines is 1. The smallest absolute Gasteiger partial charge is 0.323 e. The van der Waals surface area contributed by atoms with Crippen molar-refractivity contribution in [2.45, 2.75) is 18.5 Å². The van der Waals surface area contributed by atoms with Gasteiger partial charge < -0.3 is 15.0 Å². The molecule has 130 valence electrons. The highest BCUT2D eigenvalue weighted by Crippen LogP contribution is 2.60. The molecule has 0 aliphatic heterocycles. The minimum absolute atomic E-state index is 0.105. The topological polar surface area (TPSA) is 90.4 Å². The van der Waals surface area contributed by atoms with E-state index in [2.05, 4.69) is 4.98 Å². The highest BCUT2D eigenvalue weighted by atomic mass is 31.2. The molecule has 2 unspecified atom stereocenters. The molecule has 1 aromatic heterocycles. The molecule has 0 saturated heterocycles. The van der Waals surface area contributed by atoms with Crippen molar-refractivity contribution >= 4 is 24.2 Å². The molecule has 0 radical (unpaired) electrons. The number of carboxylic acid groups (broad SMARTS) is 1. The number of benzene rings is 2. The summed E-state index contributed by atoms with van der Waals surface area (Å²) in [7, 11) is -4.03. The predicted molar refractivity (Wildman–Crippen MR) is 98.1 cm³/mol. The molecular weight excluding hydrogens is 337 g/mol. The first kappa shape index (κ1) is 17.5. The number of carbonyl (C=O) groups is 1. The summed E-state index contributed by atoms with van der Waals surface area (Å²) in [6.07, 6.45) is 2.03. The van der Waals surface area contributed by atoms with E-state index >= 15 is 0 Å². The second-order valence-electron chi connectivity index (χ2n) is 6.28. The van der Waals surface area contributed by atoms with Crippen LogP contribution in [0.5, 0.6) is 0 Å². The molecule has 0 bridgehead atoms. The van der Waals surface area contributed by atoms with Gasteiger partial charge in [-0.25, -0.2) is 0 Å². The summed E-state index contributed by atoms with van der Waals surface area (Å²) in [5.74, 6) is -1.29. The molecular formula is C19H20NO4P. The van der Waals surface area contributed by atoms with Crippen molar-refractivity contribution < 1.29 is 19.4 Å². The van der Waals surface area contributed by atoms with Crippen LogP contribution in [0, 0.1) is 0 Å². The van der Waals surface area contributed by atoms with E-state index in [4.69, 9.17) is 0 Å². The Morgan fingerprint density at radius 1 is 1.12 bits per heavy atom. The average Bonchev–Trinajstić information content (AvgIpc) is 3.03. The van der Waals surface area contributed by atoms with Gasteiger partial charge in [-0.2, -0.15) is 0 Å². The van der Waals surface area contributed by atoms with Gasteiger partial charge in [-0.3, -0.25) is 9.36 Å². The van der Waals surface area contributed by atoms with E-state index in [1.807, 2.05) is 30.5 Å². The van der Waals surface area contributed by atoms with Gasteiger partial charge in [0, 0.05) is 23.3 Å². The van der Waals surface area contributed by atoms with Gasteiger partial charge in [-0.15, -0.1) is 0 Å². The number of rotatable bonds is 6. The summed E-state index contributed by atoms with van der Waals surface area (Å²) in [4.78, 5) is 25.7. The second-order valence-corrected chi connectivity index (χ2v) is 9.02. The zero-order chi connectivity index (χ0) is 18.1. The van der Waals surface area contributed by atoms with Crippen LogP contribution in [0.1, 0.15) is 18.1 Å². The molecule has 0 fully saturated rings. The number of hydrogen-bond donors (Lipinski definition) is 3. The number of aliphatic carboxylic acids is 1. The molecule has 5 nitrogen and oxygen atoms in total. The van der Waals surface area contributed by atoms with Crippen molar-refractivity contribution in [2.24, 2.45) is 0 Å². The van der Waals surface area contributed by atoms with Crippen LogP contribution in [0.2, 0.25) is 0 Å². The quantitative estimate of drug-likeness (QED) is 0.582. The number of fused-ring (bicyclic) bond motifs is 1. The van der Waals surface area contributed by atoms with Crippen molar-refractivity contribution in [1.82, 2.24) is 4.98 Å². The van der Waals surface area contributed by atoms with Gasteiger partial charge in [0.05, 0.1) is 0 Å². The molecule has 2 aromatic carbocycles. The van der Waals surface area contributed by atoms with Crippen LogP contribution in [0.25, 0.3) is 10.9 Å². The zero-order valence-electron chi connectivity index (χ0n) is 13.8. The zero-order valence-corrected chi connectivity index (χ0v) is 14.7. The molecule has 0 saturated carbocycles. The normalized spacial score (nSPS) is 16.2. The summed E-state index contributed by atoms with van der Waals surface area (Å²) in [5, 5.41) is 8.86. The van der Waals surface area contributed by atoms with Gasteiger partial charge in [-0.05, 0) is 30.5 Å². The maximum Gasteiger partial charge on any atom is 0.323 e. The first-order chi connectivity index (χ1) is 11.9. The van der Waals surface area contributed by atoms with Gasteiger partial charge in [0.15, 0.2) is 5.16 Å². The minimum atomic E-state index is -4.03. The third-order valence-electron chi connectivity index (χ3n) is 4.81. The van der Waals surface area contributed by atoms with E-state index in [0.29, 0.717) is 12.0 Å². The van der Waals surface area contributed by atoms with Crippen LogP contribution in [0.4, 0.5) is 0 Å². The summed E-state index contributed by atoms with van der Waals surface area (Å²) < 4.78 is 13.1. The molecule has 3 rings (SSSR count). The maximum atomic E-state index is 13.1. The Labute approximate surface area is 145 Å². The third-order valence-corrected chi connectivity index (χ3v) is 7.49. The fourth-order valence-corrected chi connectivity index (χ4v) is 4.91. The maximum absolute atomic E-state index is 13.1. The lowest BCUT2D eigenvalue weighted by Crippen LogP contribution is -2.33. The highest BCUT2D eigenvalue weighted by Gasteiger charge is 2.50. The summed E-state index contributed by atoms with van der Waals surface area (Å²) in [6.45, 7) is 1.33. The molecule has 1 heterocycles. The van der Waals surface area contributed by atoms with Crippen molar-refractivity contribution in [3.63, 3.8) is 0 Å². The van der Waals surface area contributed by atoms with Gasteiger partial charge in [-0.1, -0.05) is 48.5 Å². The number of para-hydroxylation sites is 1. The fraction of sp³-hybridized carbons (Fsp3) is 0.211. The van der Waals surface area contributed by atoms with E-state index in [1.165, 1.54) is 6.92 Å². The average molecular weight is 357 g/mol. The Bertz CT molecular complexity index is 950. The second kappa shape index (κ2) is 6.51. The molecule has 3 aromatic rings. The van der Waals surface area contributed by atoms with Gasteiger partial charge >= 0.3 is 5.97 Å². The summed E-state index contributed by atoms with van der Waals surface area (Å²) in [6, 6.07) is 16.0. The number of H-pyrrole nitrogens is 1. The first-order valence-electron chi connectivity index (χ1n) is 8.02. The van der Waals surface area contributed by atoms with Crippen LogP contribution in [-0.4, -0.2) is 27.1 Å². The number of aryl methyl sites for hydroxylation is 1. The van der Waals surface area contributed by atoms with Crippen molar-refractivity contribution in [2.75, 3.05) is 6.16 Å². The molecule has 6 heteroatoms. The van der Waals surface area contributed by atoms with Crippen LogP contribution in [-0.2, 0) is 20.9 Å². The number of hydrogen-bond acceptors (Lipinski definition) is 2. The lowest BCUT2D eigenvalue weighted by atomic mass is 10.0. The molecule has 3 N–H and O–H groups in total. The van der Waals surface area contributed by atoms with E-state index in [0.717, 1.165) is 16.5 Å². The third kappa shape index (κ3) is 3.01. The van der Waals surface area contributed by atoms with Crippen molar-refractivity contribution in [3.8, 4) is 0 Å². The molecule has 25 heavy (non-hydrogen) atoms. The van der Waals surface area contributed by atoms with E-state index in [1.54, 1.807) is 30.3 Å². The van der Waals surface area contributed by atoms with Crippen LogP contribution >= 0.6 is 7.37 Å². The standard InChI is InChI=1S/C19H20NO4P/c1-19(18(21)22,15-7-3-2-4-8-15)25(23,24)12-11-14-13-20-17-10-6-5-9-16(14)17/h2-10,13,20H,11-12H2,1H3,(H,21,22)(H,23,24). The van der Waals surface area contributed by atoms with Gasteiger partial charge in [0.25, 0.3) is 0 Å². The van der Waals surface area contributed by atoms with Gasteiger partial charge in [0.1, 0.15) is 0 Å². The predicted octanol–water partition coefficient (Wildman–Crippen LogP) is 3.98. The fourth-order valence-electron chi connectivity index (χ4n) is 3.07. The monoisotopic (exact) mass is 357 g/mol. The van der Waals surface area contributed by atoms with Crippen LogP contribution in [0.15, 0.2) is 60.8 Å². The van der Waals surface area contributed by atoms with E-state index in [9.17, 15) is 19.4 Å². The molecule has 2 atom stereocenters. The molecule has 0 amide bonds. The van der Waals surface area contributed by atoms with Crippen LogP contribution < -0.4 is 0 Å². The highest BCUT2D eigenvalue weighted by molar-refractivity contribution is 7.60. The Morgan fingerprint density at radius 2 is 1.76 bits per heavy atom. The van der Waals surface area contributed by atoms with E-state index < -0.39 is 18.5 Å². The Kier molecular flexibility index (Phi) is 4.55. The SMILES string of the molecule is CC(C(=O)O)(c1ccccc1)P(=O)(O)CCc1c[nH]c2ccccc12. The van der Waals surface area contributed by atoms with E-state index in [-0.39, 0.29) is 6.16 Å². The number of aromatic nitrogens is 1. The summed E-state index contributed by atoms with van der Waals surface area (Å²) in [5.41, 5.74) is 2.20. The molecule has 0 aliphatic rings. The summed E-state index contributed by atoms with van der Waals surface area (Å²) >= 11 is 0. The minimum Gasteiger partial charge on any atom is -0.480 e. The Hall–Kier alpha value is -2.36. The Balaban J connectivity index is 1.91. The van der Waals surface area contributed by atoms with Crippen molar-refractivity contribution in [1.29, 1.82) is 0 Å². The van der Waals surface area contributed by atoms with Crippen LogP contribution in [0.3, 0.4) is 0 Å². The molecule has 0 aliphatic carbocycles. The number of nitrogens with one attached hydrogen (secondary N) is 1. The van der Waals surface area contributed by atoms with Crippen molar-refractivity contribution in [3.05, 3.63) is 71.9 Å². The Morgan fingerprint density at radius 3 is 2.44 bits per heavy atom. The number of carboxylic acids is 1. The lowest BCUT2D eigenvalue weighted by Gasteiger charge is -2.30. The largest absolute Gasteiger partial charge is 0.480 e. The van der Waals surface area contributed by atoms with Gasteiger partial charge in [0.2, 0.25) is 7.37 Å². The molecule has 0 spiro atoms.